The molecule has 72 valence electrons. The van der Waals surface area contributed by atoms with E-state index in [1.165, 1.54) is 0 Å². The van der Waals surface area contributed by atoms with Gasteiger partial charge in [-0.15, -0.1) is 0 Å². The van der Waals surface area contributed by atoms with Crippen LogP contribution in [-0.4, -0.2) is 32.5 Å². The van der Waals surface area contributed by atoms with E-state index in [0.29, 0.717) is 0 Å². The van der Waals surface area contributed by atoms with E-state index in [-0.39, 0.29) is 17.9 Å². The van der Waals surface area contributed by atoms with Crippen molar-refractivity contribution in [2.75, 3.05) is 5.75 Å². The number of hydrogen-bond acceptors (Lipinski definition) is 4. The molecule has 0 aromatic rings. The molecule has 5 nitrogen and oxygen atoms in total. The Bertz CT molecular complexity index is 250. The van der Waals surface area contributed by atoms with Crippen LogP contribution in [0.3, 0.4) is 0 Å². The van der Waals surface area contributed by atoms with Crippen molar-refractivity contribution in [1.82, 2.24) is 4.72 Å². The van der Waals surface area contributed by atoms with Gasteiger partial charge in [-0.3, -0.25) is 0 Å². The molecule has 1 rings (SSSR count). The molecule has 1 fully saturated rings. The van der Waals surface area contributed by atoms with Gasteiger partial charge in [0.2, 0.25) is 10.0 Å². The minimum absolute atomic E-state index is 0.0354. The molecule has 0 radical (unpaired) electrons. The maximum atomic E-state index is 11.2. The third-order valence-electron chi connectivity index (χ3n) is 1.42. The Morgan fingerprint density at radius 2 is 2.08 bits per heavy atom. The fourth-order valence-corrected chi connectivity index (χ4v) is 2.43. The fourth-order valence-electron chi connectivity index (χ4n) is 0.914. The molecule has 0 aromatic carbocycles. The van der Waals surface area contributed by atoms with E-state index in [1.54, 1.807) is 13.8 Å². The molecule has 2 unspecified atom stereocenters. The average molecular weight is 194 g/mol. The lowest BCUT2D eigenvalue weighted by Crippen LogP contribution is -2.34. The van der Waals surface area contributed by atoms with Crippen LogP contribution in [0.1, 0.15) is 13.8 Å². The zero-order valence-electron chi connectivity index (χ0n) is 7.15. The highest BCUT2D eigenvalue weighted by Crippen LogP contribution is 2.17. The number of rotatable bonds is 4. The lowest BCUT2D eigenvalue weighted by molar-refractivity contribution is 0.382. The normalized spacial score (nSPS) is 29.3. The lowest BCUT2D eigenvalue weighted by atomic mass is 10.4. The third kappa shape index (κ3) is 3.06. The molecule has 1 saturated heterocycles. The summed E-state index contributed by atoms with van der Waals surface area (Å²) in [6.07, 6.45) is -0.713. The molecule has 0 spiro atoms. The predicted molar refractivity (Wildman–Crippen MR) is 44.9 cm³/mol. The minimum atomic E-state index is -3.21. The first-order valence-corrected chi connectivity index (χ1v) is 5.47. The highest BCUT2D eigenvalue weighted by Gasteiger charge is 2.39. The van der Waals surface area contributed by atoms with Gasteiger partial charge in [0.05, 0.1) is 5.75 Å². The predicted octanol–water partition coefficient (Wildman–Crippen LogP) is -1.00. The van der Waals surface area contributed by atoms with Crippen molar-refractivity contribution in [3.63, 3.8) is 0 Å². The average Bonchev–Trinajstić information content (AvgIpc) is 2.40. The molecule has 2 atom stereocenters. The Labute approximate surface area is 72.3 Å². The van der Waals surface area contributed by atoms with Gasteiger partial charge in [-0.1, -0.05) is 0 Å². The second kappa shape index (κ2) is 3.29. The van der Waals surface area contributed by atoms with Crippen molar-refractivity contribution < 1.29 is 13.2 Å². The fraction of sp³-hybridized carbons (Fsp3) is 1.00. The van der Waals surface area contributed by atoms with Crippen molar-refractivity contribution >= 4 is 10.0 Å². The lowest BCUT2D eigenvalue weighted by Gasteiger charge is -2.07. The van der Waals surface area contributed by atoms with Crippen molar-refractivity contribution in [3.8, 4) is 0 Å². The van der Waals surface area contributed by atoms with Gasteiger partial charge in [0, 0.05) is 6.04 Å². The van der Waals surface area contributed by atoms with Crippen molar-refractivity contribution in [2.45, 2.75) is 32.2 Å². The van der Waals surface area contributed by atoms with Gasteiger partial charge in [-0.25, -0.2) is 13.1 Å². The minimum Gasteiger partial charge on any atom is -0.352 e. The smallest absolute Gasteiger partial charge is 0.214 e. The molecule has 0 saturated carbocycles. The Morgan fingerprint density at radius 1 is 1.58 bits per heavy atom. The third-order valence-corrected chi connectivity index (χ3v) is 3.02. The Balaban J connectivity index is 2.39. The molecule has 3 N–H and O–H groups in total. The Morgan fingerprint density at radius 3 is 2.42 bits per heavy atom. The molecule has 0 aromatic heterocycles. The van der Waals surface area contributed by atoms with Crippen LogP contribution >= 0.6 is 0 Å². The molecular weight excluding hydrogens is 180 g/mol. The summed E-state index contributed by atoms with van der Waals surface area (Å²) in [6.45, 7) is 3.54. The SMILES string of the molecule is CC(C)NS(=O)(=O)CC1OC1N. The summed E-state index contributed by atoms with van der Waals surface area (Å²) in [7, 11) is -3.21. The summed E-state index contributed by atoms with van der Waals surface area (Å²) in [6, 6.07) is -0.0787. The van der Waals surface area contributed by atoms with Crippen LogP contribution in [0.25, 0.3) is 0 Å². The van der Waals surface area contributed by atoms with Crippen LogP contribution in [0.2, 0.25) is 0 Å². The molecular formula is C6H14N2O3S. The summed E-state index contributed by atoms with van der Waals surface area (Å²) >= 11 is 0. The van der Waals surface area contributed by atoms with E-state index in [9.17, 15) is 8.42 Å². The standard InChI is InChI=1S/C6H14N2O3S/c1-4(2)8-12(9,10)3-5-6(7)11-5/h4-6,8H,3,7H2,1-2H3. The Kier molecular flexibility index (Phi) is 2.72. The van der Waals surface area contributed by atoms with Crippen molar-refractivity contribution in [3.05, 3.63) is 0 Å². The van der Waals surface area contributed by atoms with Gasteiger partial charge in [-0.05, 0) is 13.8 Å². The summed E-state index contributed by atoms with van der Waals surface area (Å²) < 4.78 is 29.6. The highest BCUT2D eigenvalue weighted by atomic mass is 32.2. The van der Waals surface area contributed by atoms with Crippen LogP contribution in [0.15, 0.2) is 0 Å². The molecule has 0 bridgehead atoms. The summed E-state index contributed by atoms with van der Waals surface area (Å²) in [5.74, 6) is -0.0354. The number of nitrogens with one attached hydrogen (secondary N) is 1. The van der Waals surface area contributed by atoms with Crippen LogP contribution in [-0.2, 0) is 14.8 Å². The topological polar surface area (TPSA) is 84.7 Å². The van der Waals surface area contributed by atoms with Crippen molar-refractivity contribution in [2.24, 2.45) is 5.73 Å². The van der Waals surface area contributed by atoms with Gasteiger partial charge in [-0.2, -0.15) is 0 Å². The van der Waals surface area contributed by atoms with E-state index in [4.69, 9.17) is 10.5 Å². The number of sulfonamides is 1. The van der Waals surface area contributed by atoms with E-state index < -0.39 is 16.3 Å². The molecule has 1 aliphatic rings. The zero-order chi connectivity index (χ0) is 9.35. The van der Waals surface area contributed by atoms with Gasteiger partial charge < -0.3 is 10.5 Å². The van der Waals surface area contributed by atoms with Crippen LogP contribution < -0.4 is 10.5 Å². The van der Waals surface area contributed by atoms with E-state index in [0.717, 1.165) is 0 Å². The van der Waals surface area contributed by atoms with Gasteiger partial charge in [0.25, 0.3) is 0 Å². The first-order chi connectivity index (χ1) is 5.41. The summed E-state index contributed by atoms with van der Waals surface area (Å²) in [5, 5.41) is 0. The molecule has 6 heteroatoms. The molecule has 1 aliphatic heterocycles. The molecule has 0 aliphatic carbocycles. The number of epoxide rings is 1. The van der Waals surface area contributed by atoms with Crippen LogP contribution in [0.5, 0.6) is 0 Å². The number of hydrogen-bond donors (Lipinski definition) is 2. The largest absolute Gasteiger partial charge is 0.352 e. The maximum Gasteiger partial charge on any atom is 0.214 e. The maximum absolute atomic E-state index is 11.2. The highest BCUT2D eigenvalue weighted by molar-refractivity contribution is 7.89. The first-order valence-electron chi connectivity index (χ1n) is 3.82. The molecule has 12 heavy (non-hydrogen) atoms. The van der Waals surface area contributed by atoms with E-state index in [2.05, 4.69) is 4.72 Å². The quantitative estimate of drug-likeness (QED) is 0.562. The second-order valence-electron chi connectivity index (χ2n) is 3.19. The van der Waals surface area contributed by atoms with Gasteiger partial charge in [0.1, 0.15) is 12.3 Å². The summed E-state index contributed by atoms with van der Waals surface area (Å²) in [5.41, 5.74) is 5.29. The van der Waals surface area contributed by atoms with Gasteiger partial charge >= 0.3 is 0 Å². The monoisotopic (exact) mass is 194 g/mol. The number of nitrogens with two attached hydrogens (primary N) is 1. The van der Waals surface area contributed by atoms with Crippen LogP contribution in [0, 0.1) is 0 Å². The second-order valence-corrected chi connectivity index (χ2v) is 4.99. The van der Waals surface area contributed by atoms with E-state index >= 15 is 0 Å². The summed E-state index contributed by atoms with van der Waals surface area (Å²) in [4.78, 5) is 0. The first kappa shape index (κ1) is 9.91. The van der Waals surface area contributed by atoms with Crippen molar-refractivity contribution in [1.29, 1.82) is 0 Å². The zero-order valence-corrected chi connectivity index (χ0v) is 7.97. The molecule has 0 amide bonds. The Hall–Kier alpha value is -0.170. The van der Waals surface area contributed by atoms with Gasteiger partial charge in [0.15, 0.2) is 0 Å². The molecule has 1 heterocycles. The van der Waals surface area contributed by atoms with E-state index in [1.807, 2.05) is 0 Å². The van der Waals surface area contributed by atoms with Crippen LogP contribution in [0.4, 0.5) is 0 Å². The number of ether oxygens (including phenoxy) is 1.